The lowest BCUT2D eigenvalue weighted by Gasteiger charge is -2.15. The Labute approximate surface area is 115 Å². The second kappa shape index (κ2) is 5.13. The van der Waals surface area contributed by atoms with Gasteiger partial charge in [-0.2, -0.15) is 0 Å². The van der Waals surface area contributed by atoms with E-state index in [-0.39, 0.29) is 5.97 Å². The monoisotopic (exact) mass is 267 g/mol. The number of para-hydroxylation sites is 1. The van der Waals surface area contributed by atoms with Crippen LogP contribution in [0.3, 0.4) is 0 Å². The van der Waals surface area contributed by atoms with Crippen LogP contribution in [-0.4, -0.2) is 28.1 Å². The average molecular weight is 267 g/mol. The van der Waals surface area contributed by atoms with Crippen molar-refractivity contribution in [1.82, 2.24) is 15.0 Å². The van der Waals surface area contributed by atoms with Crippen molar-refractivity contribution in [2.75, 3.05) is 7.11 Å². The van der Waals surface area contributed by atoms with Crippen LogP contribution in [0.15, 0.2) is 54.6 Å². The predicted molar refractivity (Wildman–Crippen MR) is 74.1 cm³/mol. The molecule has 100 valence electrons. The second-order valence-corrected chi connectivity index (χ2v) is 4.36. The van der Waals surface area contributed by atoms with Crippen LogP contribution in [-0.2, 0) is 9.53 Å². The zero-order valence-corrected chi connectivity index (χ0v) is 10.9. The van der Waals surface area contributed by atoms with Crippen LogP contribution in [0.1, 0.15) is 11.6 Å². The number of esters is 1. The molecule has 0 saturated carbocycles. The van der Waals surface area contributed by atoms with Crippen LogP contribution in [0.25, 0.3) is 11.0 Å². The summed E-state index contributed by atoms with van der Waals surface area (Å²) in [6, 6.07) is 16.3. The first-order valence-corrected chi connectivity index (χ1v) is 6.24. The van der Waals surface area contributed by atoms with E-state index >= 15 is 0 Å². The van der Waals surface area contributed by atoms with Crippen molar-refractivity contribution < 1.29 is 9.53 Å². The summed E-state index contributed by atoms with van der Waals surface area (Å²) in [7, 11) is 1.37. The third kappa shape index (κ3) is 2.03. The Morgan fingerprint density at radius 1 is 1.10 bits per heavy atom. The summed E-state index contributed by atoms with van der Waals surface area (Å²) in [5, 5.41) is 8.19. The highest BCUT2D eigenvalue weighted by atomic mass is 16.5. The zero-order valence-electron chi connectivity index (χ0n) is 10.9. The van der Waals surface area contributed by atoms with Crippen molar-refractivity contribution in [3.05, 3.63) is 60.2 Å². The number of nitrogens with zero attached hydrogens (tertiary/aromatic N) is 3. The van der Waals surface area contributed by atoms with Crippen LogP contribution in [0.5, 0.6) is 0 Å². The average Bonchev–Trinajstić information content (AvgIpc) is 2.92. The van der Waals surface area contributed by atoms with Gasteiger partial charge in [-0.05, 0) is 17.7 Å². The number of aromatic nitrogens is 3. The minimum absolute atomic E-state index is 0.369. The van der Waals surface area contributed by atoms with E-state index in [1.165, 1.54) is 7.11 Å². The van der Waals surface area contributed by atoms with Gasteiger partial charge in [0.05, 0.1) is 12.6 Å². The van der Waals surface area contributed by atoms with Crippen molar-refractivity contribution in [3.63, 3.8) is 0 Å². The summed E-state index contributed by atoms with van der Waals surface area (Å²) >= 11 is 0. The predicted octanol–water partition coefficient (Wildman–Crippen LogP) is 2.19. The molecule has 3 aromatic rings. The molecule has 0 fully saturated rings. The highest BCUT2D eigenvalue weighted by Gasteiger charge is 2.26. The van der Waals surface area contributed by atoms with E-state index < -0.39 is 6.04 Å². The van der Waals surface area contributed by atoms with Gasteiger partial charge in [-0.25, -0.2) is 9.48 Å². The van der Waals surface area contributed by atoms with Gasteiger partial charge >= 0.3 is 5.97 Å². The lowest BCUT2D eigenvalue weighted by Crippen LogP contribution is -2.23. The molecule has 5 nitrogen and oxygen atoms in total. The van der Waals surface area contributed by atoms with E-state index in [1.807, 2.05) is 54.6 Å². The number of benzene rings is 2. The van der Waals surface area contributed by atoms with Crippen LogP contribution in [0.2, 0.25) is 0 Å². The maximum absolute atomic E-state index is 12.1. The molecule has 1 heterocycles. The molecule has 0 radical (unpaired) electrons. The molecule has 2 aromatic carbocycles. The summed E-state index contributed by atoms with van der Waals surface area (Å²) in [6.45, 7) is 0. The van der Waals surface area contributed by atoms with E-state index in [1.54, 1.807) is 4.68 Å². The minimum atomic E-state index is -0.631. The molecule has 5 heteroatoms. The molecule has 20 heavy (non-hydrogen) atoms. The Kier molecular flexibility index (Phi) is 3.16. The number of hydrogen-bond acceptors (Lipinski definition) is 4. The van der Waals surface area contributed by atoms with Crippen molar-refractivity contribution >= 4 is 17.0 Å². The normalized spacial score (nSPS) is 12.2. The number of carbonyl (C=O) groups excluding carboxylic acids is 1. The van der Waals surface area contributed by atoms with Crippen LogP contribution in [0.4, 0.5) is 0 Å². The fourth-order valence-corrected chi connectivity index (χ4v) is 2.20. The van der Waals surface area contributed by atoms with Gasteiger partial charge in [0.25, 0.3) is 0 Å². The van der Waals surface area contributed by atoms with Crippen molar-refractivity contribution in [2.45, 2.75) is 6.04 Å². The van der Waals surface area contributed by atoms with Gasteiger partial charge in [-0.1, -0.05) is 47.7 Å². The van der Waals surface area contributed by atoms with E-state index in [0.717, 1.165) is 16.6 Å². The van der Waals surface area contributed by atoms with Gasteiger partial charge in [-0.3, -0.25) is 0 Å². The number of carbonyl (C=O) groups is 1. The minimum Gasteiger partial charge on any atom is -0.467 e. The topological polar surface area (TPSA) is 57.0 Å². The standard InChI is InChI=1S/C15H13N3O2/c1-20-15(19)14(11-7-3-2-4-8-11)18-13-10-6-5-9-12(13)16-17-18/h2-10,14H,1H3/t14-/m1/s1. The van der Waals surface area contributed by atoms with Gasteiger partial charge in [0.15, 0.2) is 6.04 Å². The van der Waals surface area contributed by atoms with Gasteiger partial charge in [0.1, 0.15) is 5.52 Å². The molecule has 0 amide bonds. The largest absolute Gasteiger partial charge is 0.467 e. The third-order valence-electron chi connectivity index (χ3n) is 3.16. The molecular weight excluding hydrogens is 254 g/mol. The van der Waals surface area contributed by atoms with Crippen molar-refractivity contribution in [1.29, 1.82) is 0 Å². The van der Waals surface area contributed by atoms with Gasteiger partial charge in [0, 0.05) is 0 Å². The number of hydrogen-bond donors (Lipinski definition) is 0. The first kappa shape index (κ1) is 12.3. The number of rotatable bonds is 3. The Bertz CT molecular complexity index is 737. The first-order chi connectivity index (χ1) is 9.81. The quantitative estimate of drug-likeness (QED) is 0.683. The second-order valence-electron chi connectivity index (χ2n) is 4.36. The van der Waals surface area contributed by atoms with E-state index in [9.17, 15) is 4.79 Å². The molecular formula is C15H13N3O2. The molecule has 0 spiro atoms. The summed E-state index contributed by atoms with van der Waals surface area (Å²) in [5.74, 6) is -0.369. The zero-order chi connectivity index (χ0) is 13.9. The SMILES string of the molecule is COC(=O)[C@@H](c1ccccc1)n1nnc2ccccc21. The van der Waals surface area contributed by atoms with E-state index in [4.69, 9.17) is 4.74 Å². The Hall–Kier alpha value is -2.69. The number of methoxy groups -OCH3 is 1. The highest BCUT2D eigenvalue weighted by molar-refractivity contribution is 5.82. The maximum Gasteiger partial charge on any atom is 0.335 e. The van der Waals surface area contributed by atoms with E-state index in [2.05, 4.69) is 10.3 Å². The molecule has 0 aliphatic carbocycles. The molecule has 3 rings (SSSR count). The molecule has 1 atom stereocenters. The van der Waals surface area contributed by atoms with Crippen LogP contribution < -0.4 is 0 Å². The molecule has 0 N–H and O–H groups in total. The first-order valence-electron chi connectivity index (χ1n) is 6.24. The lowest BCUT2D eigenvalue weighted by atomic mass is 10.1. The number of fused-ring (bicyclic) bond motifs is 1. The fraction of sp³-hybridized carbons (Fsp3) is 0.133. The maximum atomic E-state index is 12.1. The summed E-state index contributed by atoms with van der Waals surface area (Å²) in [6.07, 6.45) is 0. The number of ether oxygens (including phenoxy) is 1. The molecule has 0 aliphatic rings. The van der Waals surface area contributed by atoms with Gasteiger partial charge in [0.2, 0.25) is 0 Å². The van der Waals surface area contributed by atoms with Crippen molar-refractivity contribution in [3.8, 4) is 0 Å². The third-order valence-corrected chi connectivity index (χ3v) is 3.16. The molecule has 0 bridgehead atoms. The molecule has 0 saturated heterocycles. The summed E-state index contributed by atoms with van der Waals surface area (Å²) in [4.78, 5) is 12.1. The highest BCUT2D eigenvalue weighted by Crippen LogP contribution is 2.23. The Morgan fingerprint density at radius 3 is 2.55 bits per heavy atom. The smallest absolute Gasteiger partial charge is 0.335 e. The van der Waals surface area contributed by atoms with Crippen LogP contribution >= 0.6 is 0 Å². The lowest BCUT2D eigenvalue weighted by molar-refractivity contribution is -0.143. The molecule has 0 unspecified atom stereocenters. The van der Waals surface area contributed by atoms with Crippen molar-refractivity contribution in [2.24, 2.45) is 0 Å². The molecule has 0 aliphatic heterocycles. The summed E-state index contributed by atoms with van der Waals surface area (Å²) < 4.78 is 6.51. The van der Waals surface area contributed by atoms with E-state index in [0.29, 0.717) is 0 Å². The van der Waals surface area contributed by atoms with Crippen LogP contribution in [0, 0.1) is 0 Å². The Morgan fingerprint density at radius 2 is 1.80 bits per heavy atom. The fourth-order valence-electron chi connectivity index (χ4n) is 2.20. The molecule has 1 aromatic heterocycles. The Balaban J connectivity index is 2.17. The van der Waals surface area contributed by atoms with Gasteiger partial charge in [-0.15, -0.1) is 5.10 Å². The summed E-state index contributed by atoms with van der Waals surface area (Å²) in [5.41, 5.74) is 2.36. The van der Waals surface area contributed by atoms with Gasteiger partial charge < -0.3 is 4.74 Å².